The number of carbonyl (C=O) groups is 1. The molecule has 1 amide bonds. The van der Waals surface area contributed by atoms with Crippen molar-refractivity contribution in [1.82, 2.24) is 10.2 Å². The summed E-state index contributed by atoms with van der Waals surface area (Å²) >= 11 is 3.48. The summed E-state index contributed by atoms with van der Waals surface area (Å²) in [5.41, 5.74) is 0.659. The molecule has 0 aromatic heterocycles. The number of hydrogen-bond donors (Lipinski definition) is 1. The summed E-state index contributed by atoms with van der Waals surface area (Å²) in [7, 11) is 0. The van der Waals surface area contributed by atoms with E-state index in [1.54, 1.807) is 6.07 Å². The van der Waals surface area contributed by atoms with Crippen LogP contribution in [0.1, 0.15) is 30.1 Å². The quantitative estimate of drug-likeness (QED) is 0.815. The van der Waals surface area contributed by atoms with E-state index in [-0.39, 0.29) is 18.3 Å². The lowest BCUT2D eigenvalue weighted by atomic mass is 9.96. The Bertz CT molecular complexity index is 577. The summed E-state index contributed by atoms with van der Waals surface area (Å²) in [4.78, 5) is 14.7. The maximum atomic E-state index is 12.8. The van der Waals surface area contributed by atoms with Crippen LogP contribution in [0.3, 0.4) is 0 Å². The number of fused-ring (bicyclic) bond motifs is 1. The molecule has 1 aromatic rings. The molecular weight excluding hydrogens is 396 g/mol. The average molecular weight is 420 g/mol. The summed E-state index contributed by atoms with van der Waals surface area (Å²) < 4.78 is 12.0. The molecule has 2 aliphatic heterocycles. The zero-order chi connectivity index (χ0) is 16.2. The molecule has 1 saturated heterocycles. The van der Waals surface area contributed by atoms with Crippen molar-refractivity contribution in [3.63, 3.8) is 0 Å². The van der Waals surface area contributed by atoms with E-state index < -0.39 is 0 Å². The molecule has 1 fully saturated rings. The number of nitrogens with zero attached hydrogens (tertiary/aromatic N) is 1. The molecule has 1 N–H and O–H groups in total. The van der Waals surface area contributed by atoms with Crippen molar-refractivity contribution in [3.8, 4) is 11.5 Å². The average Bonchev–Trinajstić information content (AvgIpc) is 2.60. The van der Waals surface area contributed by atoms with Gasteiger partial charge in [0, 0.05) is 18.7 Å². The van der Waals surface area contributed by atoms with Crippen molar-refractivity contribution in [2.75, 3.05) is 39.4 Å². The number of rotatable bonds is 4. The van der Waals surface area contributed by atoms with Gasteiger partial charge < -0.3 is 19.7 Å². The number of benzene rings is 1. The van der Waals surface area contributed by atoms with E-state index in [4.69, 9.17) is 9.47 Å². The largest absolute Gasteiger partial charge is 0.486 e. The van der Waals surface area contributed by atoms with Crippen molar-refractivity contribution in [3.05, 3.63) is 22.2 Å². The Hall–Kier alpha value is -0.980. The maximum Gasteiger partial charge on any atom is 0.254 e. The minimum absolute atomic E-state index is 0. The van der Waals surface area contributed by atoms with Crippen LogP contribution in [0.4, 0.5) is 0 Å². The number of nitrogens with one attached hydrogen (secondary N) is 1. The van der Waals surface area contributed by atoms with Crippen molar-refractivity contribution in [1.29, 1.82) is 0 Å². The van der Waals surface area contributed by atoms with Gasteiger partial charge in [-0.25, -0.2) is 0 Å². The highest BCUT2D eigenvalue weighted by Gasteiger charge is 2.25. The molecule has 5 nitrogen and oxygen atoms in total. The second kappa shape index (κ2) is 8.92. The number of halogens is 2. The summed E-state index contributed by atoms with van der Waals surface area (Å²) in [6, 6.07) is 3.63. The van der Waals surface area contributed by atoms with Gasteiger partial charge in [-0.1, -0.05) is 6.92 Å². The van der Waals surface area contributed by atoms with Crippen molar-refractivity contribution < 1.29 is 14.3 Å². The molecule has 2 aliphatic rings. The van der Waals surface area contributed by atoms with Gasteiger partial charge in [0.25, 0.3) is 5.91 Å². The minimum Gasteiger partial charge on any atom is -0.486 e. The third-order valence-corrected chi connectivity index (χ3v) is 5.02. The van der Waals surface area contributed by atoms with Crippen LogP contribution >= 0.6 is 28.3 Å². The fourth-order valence-electron chi connectivity index (χ4n) is 3.11. The second-order valence-electron chi connectivity index (χ2n) is 6.03. The molecule has 0 saturated carbocycles. The predicted octanol–water partition coefficient (Wildman–Crippen LogP) is 3.10. The number of carbonyl (C=O) groups excluding carboxylic acids is 1. The number of ether oxygens (including phenoxy) is 2. The van der Waals surface area contributed by atoms with Crippen LogP contribution in [-0.4, -0.2) is 50.2 Å². The van der Waals surface area contributed by atoms with E-state index in [1.165, 1.54) is 0 Å². The van der Waals surface area contributed by atoms with Crippen LogP contribution in [0, 0.1) is 5.92 Å². The van der Waals surface area contributed by atoms with Gasteiger partial charge in [-0.15, -0.1) is 12.4 Å². The molecule has 24 heavy (non-hydrogen) atoms. The molecule has 134 valence electrons. The van der Waals surface area contributed by atoms with Crippen molar-refractivity contribution in [2.45, 2.75) is 19.8 Å². The molecule has 1 aromatic carbocycles. The molecule has 2 heterocycles. The first-order valence-corrected chi connectivity index (χ1v) is 9.07. The fraction of sp³-hybridized carbons (Fsp3) is 0.588. The lowest BCUT2D eigenvalue weighted by Crippen LogP contribution is -2.40. The highest BCUT2D eigenvalue weighted by atomic mass is 79.9. The van der Waals surface area contributed by atoms with Gasteiger partial charge in [-0.2, -0.15) is 0 Å². The standard InChI is InChI=1S/C17H23BrN2O3.ClH/c1-2-19-11-12-3-5-20(6-4-12)17(21)13-9-14(18)16-15(10-13)22-7-8-23-16;/h9-10,12,19H,2-8,11H2,1H3;1H. The molecule has 7 heteroatoms. The summed E-state index contributed by atoms with van der Waals surface area (Å²) in [5.74, 6) is 2.09. The number of likely N-dealkylation sites (tertiary alicyclic amines) is 1. The van der Waals surface area contributed by atoms with Crippen molar-refractivity contribution in [2.24, 2.45) is 5.92 Å². The molecule has 0 atom stereocenters. The lowest BCUT2D eigenvalue weighted by molar-refractivity contribution is 0.0689. The molecule has 0 bridgehead atoms. The van der Waals surface area contributed by atoms with Crippen LogP contribution in [0.15, 0.2) is 16.6 Å². The van der Waals surface area contributed by atoms with Gasteiger partial charge in [-0.05, 0) is 59.9 Å². The Morgan fingerprint density at radius 1 is 1.29 bits per heavy atom. The fourth-order valence-corrected chi connectivity index (χ4v) is 3.66. The van der Waals surface area contributed by atoms with E-state index in [0.29, 0.717) is 36.2 Å². The molecule has 0 unspecified atom stereocenters. The molecule has 0 aliphatic carbocycles. The monoisotopic (exact) mass is 418 g/mol. The first-order valence-electron chi connectivity index (χ1n) is 8.28. The molecule has 0 spiro atoms. The number of piperidine rings is 1. The van der Waals surface area contributed by atoms with Gasteiger partial charge in [0.2, 0.25) is 0 Å². The second-order valence-corrected chi connectivity index (χ2v) is 6.88. The highest BCUT2D eigenvalue weighted by molar-refractivity contribution is 9.10. The van der Waals surface area contributed by atoms with Crippen LogP contribution in [-0.2, 0) is 0 Å². The molecule has 3 rings (SSSR count). The highest BCUT2D eigenvalue weighted by Crippen LogP contribution is 2.39. The zero-order valence-electron chi connectivity index (χ0n) is 13.8. The zero-order valence-corrected chi connectivity index (χ0v) is 16.2. The Morgan fingerprint density at radius 2 is 2.00 bits per heavy atom. The number of hydrogen-bond acceptors (Lipinski definition) is 4. The third-order valence-electron chi connectivity index (χ3n) is 4.43. The van der Waals surface area contributed by atoms with E-state index in [0.717, 1.165) is 43.5 Å². The predicted molar refractivity (Wildman–Crippen MR) is 99.6 cm³/mol. The van der Waals surface area contributed by atoms with E-state index in [9.17, 15) is 4.79 Å². The lowest BCUT2D eigenvalue weighted by Gasteiger charge is -2.32. The minimum atomic E-state index is 0. The van der Waals surface area contributed by atoms with Crippen molar-refractivity contribution >= 4 is 34.2 Å². The van der Waals surface area contributed by atoms with Gasteiger partial charge in [0.1, 0.15) is 13.2 Å². The normalized spacial score (nSPS) is 17.3. The summed E-state index contributed by atoms with van der Waals surface area (Å²) in [6.07, 6.45) is 2.12. The Balaban J connectivity index is 0.00000208. The molecular formula is C17H24BrClN2O3. The van der Waals surface area contributed by atoms with Gasteiger partial charge >= 0.3 is 0 Å². The third kappa shape index (κ3) is 4.35. The smallest absolute Gasteiger partial charge is 0.254 e. The Morgan fingerprint density at radius 3 is 2.71 bits per heavy atom. The summed E-state index contributed by atoms with van der Waals surface area (Å²) in [5, 5.41) is 3.40. The van der Waals surface area contributed by atoms with Gasteiger partial charge in [0.05, 0.1) is 4.47 Å². The Kier molecular flexibility index (Phi) is 7.19. The first kappa shape index (κ1) is 19.3. The Labute approximate surface area is 157 Å². The first-order chi connectivity index (χ1) is 11.2. The summed E-state index contributed by atoms with van der Waals surface area (Å²) in [6.45, 7) is 6.88. The van der Waals surface area contributed by atoms with E-state index in [1.807, 2.05) is 11.0 Å². The van der Waals surface area contributed by atoms with E-state index >= 15 is 0 Å². The van der Waals surface area contributed by atoms with Crippen LogP contribution < -0.4 is 14.8 Å². The van der Waals surface area contributed by atoms with Crippen LogP contribution in [0.25, 0.3) is 0 Å². The van der Waals surface area contributed by atoms with Crippen LogP contribution in [0.5, 0.6) is 11.5 Å². The van der Waals surface area contributed by atoms with Gasteiger partial charge in [-0.3, -0.25) is 4.79 Å². The molecule has 0 radical (unpaired) electrons. The number of amides is 1. The topological polar surface area (TPSA) is 50.8 Å². The maximum absolute atomic E-state index is 12.8. The van der Waals surface area contributed by atoms with Gasteiger partial charge in [0.15, 0.2) is 11.5 Å². The van der Waals surface area contributed by atoms with E-state index in [2.05, 4.69) is 28.2 Å². The SMILES string of the molecule is CCNCC1CCN(C(=O)c2cc(Br)c3c(c2)OCCO3)CC1.Cl. The van der Waals surface area contributed by atoms with Crippen LogP contribution in [0.2, 0.25) is 0 Å².